The van der Waals surface area contributed by atoms with Gasteiger partial charge in [-0.05, 0) is 108 Å². The maximum Gasteiger partial charge on any atom is 0.243 e. The third kappa shape index (κ3) is 8.19. The van der Waals surface area contributed by atoms with Crippen LogP contribution in [0.4, 0.5) is 11.4 Å². The number of carbonyl (C=O) groups is 2. The number of hydrogen-bond donors (Lipinski definition) is 3. The van der Waals surface area contributed by atoms with Crippen LogP contribution in [0.3, 0.4) is 0 Å². The van der Waals surface area contributed by atoms with Crippen molar-refractivity contribution >= 4 is 34.3 Å². The summed E-state index contributed by atoms with van der Waals surface area (Å²) in [5.74, 6) is -0.0458. The van der Waals surface area contributed by atoms with Gasteiger partial charge in [-0.1, -0.05) is 67.6 Å². The lowest BCUT2D eigenvalue weighted by molar-refractivity contribution is -0.137. The molecule has 4 aromatic carbocycles. The van der Waals surface area contributed by atoms with Crippen molar-refractivity contribution in [1.29, 1.82) is 0 Å². The average Bonchev–Trinajstić information content (AvgIpc) is 3.58. The Morgan fingerprint density at radius 1 is 0.804 bits per heavy atom. The van der Waals surface area contributed by atoms with Crippen LogP contribution in [-0.4, -0.2) is 72.0 Å². The molecule has 3 N–H and O–H groups in total. The number of aromatic hydroxyl groups is 1. The van der Waals surface area contributed by atoms with Gasteiger partial charge in [-0.15, -0.1) is 0 Å². The number of amides is 2. The van der Waals surface area contributed by atoms with Gasteiger partial charge in [-0.3, -0.25) is 24.7 Å². The second-order valence-electron chi connectivity index (χ2n) is 14.0. The number of imide groups is 1. The molecule has 0 bridgehead atoms. The van der Waals surface area contributed by atoms with Crippen LogP contribution in [0.1, 0.15) is 66.8 Å². The summed E-state index contributed by atoms with van der Waals surface area (Å²) in [6, 6.07) is 33.5. The summed E-state index contributed by atoms with van der Waals surface area (Å²) in [6.45, 7) is 9.94. The maximum atomic E-state index is 12.4. The first-order chi connectivity index (χ1) is 24.9. The van der Waals surface area contributed by atoms with E-state index in [1.54, 1.807) is 12.1 Å². The van der Waals surface area contributed by atoms with E-state index < -0.39 is 0 Å². The highest BCUT2D eigenvalue weighted by atomic mass is 16.3. The molecule has 7 rings (SSSR count). The Kier molecular flexibility index (Phi) is 10.8. The Morgan fingerprint density at radius 2 is 1.51 bits per heavy atom. The van der Waals surface area contributed by atoms with E-state index in [0.717, 1.165) is 82.9 Å². The Bertz CT molecular complexity index is 1850. The van der Waals surface area contributed by atoms with Gasteiger partial charge in [0.15, 0.2) is 0 Å². The molecular weight excluding hydrogens is 635 g/mol. The lowest BCUT2D eigenvalue weighted by atomic mass is 9.88. The van der Waals surface area contributed by atoms with Crippen molar-refractivity contribution in [3.05, 3.63) is 125 Å². The van der Waals surface area contributed by atoms with E-state index in [1.165, 1.54) is 39.1 Å². The zero-order valence-corrected chi connectivity index (χ0v) is 29.6. The number of fused-ring (bicyclic) bond motifs is 1. The number of phenolic OH excluding ortho intramolecular Hbond substituents is 1. The average molecular weight is 684 g/mol. The normalized spacial score (nSPS) is 18.7. The number of rotatable bonds is 12. The van der Waals surface area contributed by atoms with E-state index in [9.17, 15) is 14.7 Å². The van der Waals surface area contributed by atoms with E-state index in [2.05, 4.69) is 105 Å². The zero-order valence-electron chi connectivity index (χ0n) is 29.6. The molecule has 1 unspecified atom stereocenters. The van der Waals surface area contributed by atoms with Crippen LogP contribution in [0.25, 0.3) is 11.1 Å². The predicted molar refractivity (Wildman–Crippen MR) is 205 cm³/mol. The second-order valence-corrected chi connectivity index (χ2v) is 14.0. The van der Waals surface area contributed by atoms with Crippen LogP contribution in [0.2, 0.25) is 0 Å². The van der Waals surface area contributed by atoms with E-state index in [-0.39, 0.29) is 23.6 Å². The van der Waals surface area contributed by atoms with Crippen molar-refractivity contribution in [1.82, 2.24) is 15.1 Å². The molecule has 3 heterocycles. The molecule has 264 valence electrons. The summed E-state index contributed by atoms with van der Waals surface area (Å²) in [4.78, 5) is 31.2. The molecule has 0 aromatic heterocycles. The minimum absolute atomic E-state index is 0.160. The number of benzene rings is 4. The third-order valence-corrected chi connectivity index (χ3v) is 10.7. The number of allylic oxidation sites excluding steroid dienone is 1. The Labute approximate surface area is 301 Å². The van der Waals surface area contributed by atoms with Crippen LogP contribution in [0.5, 0.6) is 5.75 Å². The largest absolute Gasteiger partial charge is 0.508 e. The number of carbonyl (C=O) groups excluding carboxylic acids is 2. The van der Waals surface area contributed by atoms with Gasteiger partial charge in [0.05, 0.1) is 6.04 Å². The standard InChI is InChI=1S/C43H49N5O3/c1-2-39(31-8-4-3-5-9-31)42(33-13-18-38(49)19-14-33)32-11-16-37(17-12-32)47-26-24-46(25-27-47)23-7-6-22-44-36-15-10-34-29-48(30-35(34)28-36)40-20-21-41(50)45-43(40)51/h3-5,8-19,28,40,44,49H,2,6-7,20-27,29-30H2,1H3,(H,45,50,51). The number of piperazine rings is 1. The minimum Gasteiger partial charge on any atom is -0.508 e. The molecule has 8 nitrogen and oxygen atoms in total. The number of nitrogens with one attached hydrogen (secondary N) is 2. The number of anilines is 2. The monoisotopic (exact) mass is 683 g/mol. The molecule has 2 saturated heterocycles. The summed E-state index contributed by atoms with van der Waals surface area (Å²) < 4.78 is 0. The van der Waals surface area contributed by atoms with Crippen molar-refractivity contribution in [2.75, 3.05) is 49.5 Å². The number of phenols is 1. The fourth-order valence-electron chi connectivity index (χ4n) is 7.85. The van der Waals surface area contributed by atoms with Crippen LogP contribution in [0, 0.1) is 0 Å². The minimum atomic E-state index is -0.221. The number of piperidine rings is 1. The third-order valence-electron chi connectivity index (χ3n) is 10.7. The topological polar surface area (TPSA) is 88.2 Å². The molecule has 4 aromatic rings. The summed E-state index contributed by atoms with van der Waals surface area (Å²) >= 11 is 0. The zero-order chi connectivity index (χ0) is 35.2. The smallest absolute Gasteiger partial charge is 0.243 e. The number of hydrogen-bond acceptors (Lipinski definition) is 7. The van der Waals surface area contributed by atoms with Crippen LogP contribution >= 0.6 is 0 Å². The van der Waals surface area contributed by atoms with Crippen LogP contribution in [-0.2, 0) is 22.7 Å². The molecule has 2 amide bonds. The highest BCUT2D eigenvalue weighted by molar-refractivity contribution is 6.00. The molecular formula is C43H49N5O3. The second kappa shape index (κ2) is 16.0. The van der Waals surface area contributed by atoms with E-state index in [1.807, 2.05) is 12.1 Å². The first-order valence-corrected chi connectivity index (χ1v) is 18.5. The van der Waals surface area contributed by atoms with Gasteiger partial charge < -0.3 is 15.3 Å². The number of nitrogens with zero attached hydrogens (tertiary/aromatic N) is 3. The Balaban J connectivity index is 0.878. The molecule has 2 fully saturated rings. The van der Waals surface area contributed by atoms with Gasteiger partial charge in [-0.2, -0.15) is 0 Å². The van der Waals surface area contributed by atoms with Gasteiger partial charge >= 0.3 is 0 Å². The fraction of sp³-hybridized carbons (Fsp3) is 0.349. The molecule has 3 aliphatic heterocycles. The van der Waals surface area contributed by atoms with Gasteiger partial charge in [0, 0.05) is 63.6 Å². The van der Waals surface area contributed by atoms with Gasteiger partial charge in [0.1, 0.15) is 5.75 Å². The number of unbranched alkanes of at least 4 members (excludes halogenated alkanes) is 1. The quantitative estimate of drug-likeness (QED) is 0.0852. The molecule has 3 aliphatic rings. The van der Waals surface area contributed by atoms with Crippen molar-refractivity contribution in [3.63, 3.8) is 0 Å². The van der Waals surface area contributed by atoms with E-state index in [4.69, 9.17) is 0 Å². The lowest BCUT2D eigenvalue weighted by Gasteiger charge is -2.36. The summed E-state index contributed by atoms with van der Waals surface area (Å²) in [5, 5.41) is 16.1. The van der Waals surface area contributed by atoms with Crippen LogP contribution < -0.4 is 15.5 Å². The summed E-state index contributed by atoms with van der Waals surface area (Å²) in [6.07, 6.45) is 4.19. The Morgan fingerprint density at radius 3 is 2.22 bits per heavy atom. The van der Waals surface area contributed by atoms with E-state index in [0.29, 0.717) is 12.8 Å². The fourth-order valence-corrected chi connectivity index (χ4v) is 7.85. The highest BCUT2D eigenvalue weighted by Gasteiger charge is 2.34. The SMILES string of the molecule is CCC(=C(c1ccc(O)cc1)c1ccc(N2CCN(CCCCNc3ccc4c(c3)CN(C3CCC(=O)NC3=O)C4)CC2)cc1)c1ccccc1. The first kappa shape index (κ1) is 34.5. The molecule has 0 aliphatic carbocycles. The van der Waals surface area contributed by atoms with Crippen LogP contribution in [0.15, 0.2) is 97.1 Å². The summed E-state index contributed by atoms with van der Waals surface area (Å²) in [7, 11) is 0. The molecule has 1 atom stereocenters. The molecule has 8 heteroatoms. The Hall–Kier alpha value is -4.92. The van der Waals surface area contributed by atoms with E-state index >= 15 is 0 Å². The van der Waals surface area contributed by atoms with Gasteiger partial charge in [0.25, 0.3) is 0 Å². The van der Waals surface area contributed by atoms with Crippen molar-refractivity contribution in [2.45, 2.75) is 58.2 Å². The summed E-state index contributed by atoms with van der Waals surface area (Å²) in [5.41, 5.74) is 11.0. The van der Waals surface area contributed by atoms with Crippen molar-refractivity contribution < 1.29 is 14.7 Å². The van der Waals surface area contributed by atoms with Gasteiger partial charge in [0.2, 0.25) is 11.8 Å². The predicted octanol–water partition coefficient (Wildman–Crippen LogP) is 6.90. The lowest BCUT2D eigenvalue weighted by Crippen LogP contribution is -2.50. The van der Waals surface area contributed by atoms with Gasteiger partial charge in [-0.25, -0.2) is 0 Å². The van der Waals surface area contributed by atoms with Crippen molar-refractivity contribution in [2.24, 2.45) is 0 Å². The first-order valence-electron chi connectivity index (χ1n) is 18.5. The molecule has 0 saturated carbocycles. The van der Waals surface area contributed by atoms with Crippen molar-refractivity contribution in [3.8, 4) is 5.75 Å². The molecule has 0 spiro atoms. The molecule has 51 heavy (non-hydrogen) atoms. The molecule has 0 radical (unpaired) electrons. The maximum absolute atomic E-state index is 12.4. The highest BCUT2D eigenvalue weighted by Crippen LogP contribution is 2.36.